The molecule has 0 aliphatic rings. The van der Waals surface area contributed by atoms with Gasteiger partial charge in [0.15, 0.2) is 0 Å². The molecule has 0 spiro atoms. The van der Waals surface area contributed by atoms with Gasteiger partial charge in [-0.1, -0.05) is 6.92 Å². The average Bonchev–Trinajstić information content (AvgIpc) is 2.32. The molecule has 7 nitrogen and oxygen atoms in total. The molecule has 0 aliphatic carbocycles. The average molecular weight is 372 g/mol. The van der Waals surface area contributed by atoms with E-state index in [0.29, 0.717) is 5.01 Å². The standard InChI is InChI=1S/C15H27F3N2O5/c1-9(15(16,17)18)10(8-21)20(12(23)25-14(5,6)7)19-11(22)24-13(2,3)4/h9-10,21H,8H2,1-7H3,(H,19,22). The van der Waals surface area contributed by atoms with E-state index in [9.17, 15) is 27.9 Å². The van der Waals surface area contributed by atoms with Crippen LogP contribution in [0.4, 0.5) is 22.8 Å². The first-order chi connectivity index (χ1) is 11.0. The first-order valence-corrected chi connectivity index (χ1v) is 7.67. The van der Waals surface area contributed by atoms with Crippen molar-refractivity contribution in [1.82, 2.24) is 10.4 Å². The minimum Gasteiger partial charge on any atom is -0.443 e. The van der Waals surface area contributed by atoms with E-state index in [-0.39, 0.29) is 0 Å². The molecule has 0 saturated heterocycles. The predicted octanol–water partition coefficient (Wildman–Crippen LogP) is 3.22. The maximum atomic E-state index is 13.0. The number of carbonyl (C=O) groups excluding carboxylic acids is 2. The van der Waals surface area contributed by atoms with Crippen LogP contribution >= 0.6 is 0 Å². The van der Waals surface area contributed by atoms with Gasteiger partial charge in [-0.2, -0.15) is 13.2 Å². The van der Waals surface area contributed by atoms with Crippen LogP contribution in [0.1, 0.15) is 48.5 Å². The predicted molar refractivity (Wildman–Crippen MR) is 83.5 cm³/mol. The molecule has 10 heteroatoms. The van der Waals surface area contributed by atoms with Gasteiger partial charge in [0, 0.05) is 0 Å². The largest absolute Gasteiger partial charge is 0.443 e. The molecule has 0 heterocycles. The Hall–Kier alpha value is -1.71. The van der Waals surface area contributed by atoms with Crippen molar-refractivity contribution < 1.29 is 37.3 Å². The lowest BCUT2D eigenvalue weighted by Crippen LogP contribution is -2.59. The monoisotopic (exact) mass is 372 g/mol. The maximum Gasteiger partial charge on any atom is 0.429 e. The Balaban J connectivity index is 5.57. The van der Waals surface area contributed by atoms with Crippen molar-refractivity contribution in [3.63, 3.8) is 0 Å². The third-order valence-corrected chi connectivity index (χ3v) is 2.81. The van der Waals surface area contributed by atoms with E-state index in [1.807, 2.05) is 5.43 Å². The number of nitrogens with zero attached hydrogens (tertiary/aromatic N) is 1. The van der Waals surface area contributed by atoms with E-state index < -0.39 is 48.1 Å². The molecule has 0 rings (SSSR count). The number of rotatable bonds is 3. The Bertz CT molecular complexity index is 469. The maximum absolute atomic E-state index is 13.0. The number of amides is 2. The fraction of sp³-hybridized carbons (Fsp3) is 0.867. The number of hydrogen-bond acceptors (Lipinski definition) is 5. The zero-order valence-corrected chi connectivity index (χ0v) is 15.5. The number of aliphatic hydroxyl groups excluding tert-OH is 1. The van der Waals surface area contributed by atoms with Gasteiger partial charge in [0.05, 0.1) is 18.6 Å². The molecule has 2 amide bonds. The summed E-state index contributed by atoms with van der Waals surface area (Å²) in [6, 6.07) is -1.79. The Labute approximate surface area is 145 Å². The van der Waals surface area contributed by atoms with Gasteiger partial charge in [0.1, 0.15) is 11.2 Å². The van der Waals surface area contributed by atoms with Crippen molar-refractivity contribution in [3.05, 3.63) is 0 Å². The van der Waals surface area contributed by atoms with Crippen LogP contribution < -0.4 is 5.43 Å². The summed E-state index contributed by atoms with van der Waals surface area (Å²) in [5, 5.41) is 9.70. The van der Waals surface area contributed by atoms with Crippen LogP contribution in [0.2, 0.25) is 0 Å². The van der Waals surface area contributed by atoms with Crippen LogP contribution in [0.15, 0.2) is 0 Å². The van der Waals surface area contributed by atoms with Gasteiger partial charge in [-0.25, -0.2) is 20.0 Å². The Morgan fingerprint density at radius 1 is 1.04 bits per heavy atom. The van der Waals surface area contributed by atoms with Crippen LogP contribution in [-0.4, -0.2) is 52.3 Å². The summed E-state index contributed by atoms with van der Waals surface area (Å²) in [5.41, 5.74) is -0.0203. The summed E-state index contributed by atoms with van der Waals surface area (Å²) in [6.45, 7) is 8.92. The van der Waals surface area contributed by atoms with Gasteiger partial charge >= 0.3 is 18.4 Å². The van der Waals surface area contributed by atoms with E-state index in [2.05, 4.69) is 0 Å². The zero-order chi connectivity index (χ0) is 20.2. The van der Waals surface area contributed by atoms with Crippen LogP contribution in [0, 0.1) is 5.92 Å². The number of ether oxygens (including phenoxy) is 2. The molecule has 2 atom stereocenters. The van der Waals surface area contributed by atoms with Gasteiger partial charge < -0.3 is 14.6 Å². The molecule has 0 aliphatic heterocycles. The van der Waals surface area contributed by atoms with Crippen molar-refractivity contribution in [2.75, 3.05) is 6.61 Å². The van der Waals surface area contributed by atoms with Crippen LogP contribution in [0.3, 0.4) is 0 Å². The van der Waals surface area contributed by atoms with Crippen molar-refractivity contribution in [1.29, 1.82) is 0 Å². The number of carbonyl (C=O) groups is 2. The Morgan fingerprint density at radius 3 is 1.80 bits per heavy atom. The molecule has 0 fully saturated rings. The highest BCUT2D eigenvalue weighted by molar-refractivity contribution is 5.74. The van der Waals surface area contributed by atoms with E-state index in [1.54, 1.807) is 20.8 Å². The molecule has 0 bridgehead atoms. The molecular weight excluding hydrogens is 345 g/mol. The molecule has 0 saturated carbocycles. The highest BCUT2D eigenvalue weighted by Gasteiger charge is 2.46. The van der Waals surface area contributed by atoms with E-state index in [0.717, 1.165) is 6.92 Å². The molecule has 0 aromatic rings. The third kappa shape index (κ3) is 8.80. The van der Waals surface area contributed by atoms with Crippen LogP contribution in [-0.2, 0) is 9.47 Å². The van der Waals surface area contributed by atoms with E-state index >= 15 is 0 Å². The minimum atomic E-state index is -4.71. The van der Waals surface area contributed by atoms with Gasteiger partial charge in [-0.05, 0) is 41.5 Å². The fourth-order valence-corrected chi connectivity index (χ4v) is 1.66. The molecular formula is C15H27F3N2O5. The fourth-order valence-electron chi connectivity index (χ4n) is 1.66. The second-order valence-corrected chi connectivity index (χ2v) is 7.54. The Morgan fingerprint density at radius 2 is 1.48 bits per heavy atom. The summed E-state index contributed by atoms with van der Waals surface area (Å²) in [5.74, 6) is -2.13. The number of hydrogen-bond donors (Lipinski definition) is 2. The van der Waals surface area contributed by atoms with E-state index in [1.165, 1.54) is 20.8 Å². The second-order valence-electron chi connectivity index (χ2n) is 7.54. The summed E-state index contributed by atoms with van der Waals surface area (Å²) < 4.78 is 49.0. The van der Waals surface area contributed by atoms with Gasteiger partial charge in [0.25, 0.3) is 0 Å². The first-order valence-electron chi connectivity index (χ1n) is 7.67. The van der Waals surface area contributed by atoms with Gasteiger partial charge in [0.2, 0.25) is 0 Å². The topological polar surface area (TPSA) is 88.1 Å². The van der Waals surface area contributed by atoms with Gasteiger partial charge in [-0.15, -0.1) is 0 Å². The lowest BCUT2D eigenvalue weighted by molar-refractivity contribution is -0.191. The SMILES string of the molecule is CC(C(CO)N(NC(=O)OC(C)(C)C)C(=O)OC(C)(C)C)C(F)(F)F. The number of aliphatic hydroxyl groups is 1. The normalized spacial score (nSPS) is 15.2. The number of alkyl halides is 3. The number of nitrogens with one attached hydrogen (secondary N) is 1. The van der Waals surface area contributed by atoms with E-state index in [4.69, 9.17) is 9.47 Å². The first kappa shape index (κ1) is 23.3. The molecule has 2 N–H and O–H groups in total. The number of hydrazine groups is 1. The van der Waals surface area contributed by atoms with Crippen molar-refractivity contribution in [2.45, 2.75) is 71.9 Å². The lowest BCUT2D eigenvalue weighted by atomic mass is 10.0. The Kier molecular flexibility index (Phi) is 7.56. The smallest absolute Gasteiger partial charge is 0.429 e. The van der Waals surface area contributed by atoms with Crippen LogP contribution in [0.5, 0.6) is 0 Å². The van der Waals surface area contributed by atoms with Crippen molar-refractivity contribution in [3.8, 4) is 0 Å². The molecule has 2 unspecified atom stereocenters. The van der Waals surface area contributed by atoms with Crippen molar-refractivity contribution >= 4 is 12.2 Å². The minimum absolute atomic E-state index is 0.317. The molecule has 148 valence electrons. The summed E-state index contributed by atoms with van der Waals surface area (Å²) in [7, 11) is 0. The molecule has 0 radical (unpaired) electrons. The molecule has 0 aromatic heterocycles. The summed E-state index contributed by atoms with van der Waals surface area (Å²) >= 11 is 0. The third-order valence-electron chi connectivity index (χ3n) is 2.81. The zero-order valence-electron chi connectivity index (χ0n) is 15.5. The second kappa shape index (κ2) is 8.11. The van der Waals surface area contributed by atoms with Crippen molar-refractivity contribution in [2.24, 2.45) is 5.92 Å². The summed E-state index contributed by atoms with van der Waals surface area (Å²) in [6.07, 6.45) is -7.09. The highest BCUT2D eigenvalue weighted by atomic mass is 19.4. The number of halogens is 3. The quantitative estimate of drug-likeness (QED) is 0.743. The lowest BCUT2D eigenvalue weighted by Gasteiger charge is -2.36. The molecule has 25 heavy (non-hydrogen) atoms. The summed E-state index contributed by atoms with van der Waals surface area (Å²) in [4.78, 5) is 24.1. The van der Waals surface area contributed by atoms with Gasteiger partial charge in [-0.3, -0.25) is 0 Å². The highest BCUT2D eigenvalue weighted by Crippen LogP contribution is 2.30. The molecule has 0 aromatic carbocycles. The van der Waals surface area contributed by atoms with Crippen LogP contribution in [0.25, 0.3) is 0 Å².